The van der Waals surface area contributed by atoms with Crippen LogP contribution in [0.1, 0.15) is 18.1 Å². The Bertz CT molecular complexity index is 1430. The van der Waals surface area contributed by atoms with Crippen molar-refractivity contribution in [3.05, 3.63) is 105 Å². The predicted octanol–water partition coefficient (Wildman–Crippen LogP) is 7.26. The molecule has 0 spiro atoms. The summed E-state index contributed by atoms with van der Waals surface area (Å²) < 4.78 is 59.9. The van der Waals surface area contributed by atoms with Crippen LogP contribution in [0.15, 0.2) is 86.9 Å². The van der Waals surface area contributed by atoms with Gasteiger partial charge in [0.2, 0.25) is 10.0 Å². The summed E-state index contributed by atoms with van der Waals surface area (Å²) >= 11 is 6.25. The van der Waals surface area contributed by atoms with Gasteiger partial charge in [-0.25, -0.2) is 17.2 Å². The maximum absolute atomic E-state index is 13.4. The fourth-order valence-corrected chi connectivity index (χ4v) is 5.68. The summed E-state index contributed by atoms with van der Waals surface area (Å²) in [6.07, 6.45) is 3.08. The predicted molar refractivity (Wildman–Crippen MR) is 149 cm³/mol. The molecule has 0 aliphatic heterocycles. The van der Waals surface area contributed by atoms with E-state index < -0.39 is 10.0 Å². The molecule has 0 aliphatic rings. The second-order valence-electron chi connectivity index (χ2n) is 8.39. The minimum Gasteiger partial charge on any atom is -0.380 e. The fourth-order valence-electron chi connectivity index (χ4n) is 3.39. The molecule has 0 aliphatic carbocycles. The van der Waals surface area contributed by atoms with Gasteiger partial charge in [0, 0.05) is 38.0 Å². The van der Waals surface area contributed by atoms with Gasteiger partial charge in [-0.3, -0.25) is 4.98 Å². The van der Waals surface area contributed by atoms with Crippen LogP contribution >= 0.6 is 31.9 Å². The Hall–Kier alpha value is -2.24. The van der Waals surface area contributed by atoms with E-state index in [0.29, 0.717) is 14.5 Å². The zero-order valence-electron chi connectivity index (χ0n) is 20.5. The number of hydrogen-bond donors (Lipinski definition) is 0. The molecule has 10 heteroatoms. The molecule has 0 bridgehead atoms. The number of pyridine rings is 1. The van der Waals surface area contributed by atoms with Crippen LogP contribution < -0.4 is 0 Å². The van der Waals surface area contributed by atoms with Gasteiger partial charge in [0.05, 0.1) is 19.9 Å². The number of hydrogen-bond acceptors (Lipinski definition) is 4. The van der Waals surface area contributed by atoms with Crippen molar-refractivity contribution in [3.8, 4) is 0 Å². The Balaban J connectivity index is 0.000000262. The Morgan fingerprint density at radius 3 is 2.27 bits per heavy atom. The first-order valence-corrected chi connectivity index (χ1v) is 14.3. The highest BCUT2D eigenvalue weighted by molar-refractivity contribution is 9.10. The van der Waals surface area contributed by atoms with Gasteiger partial charge >= 0.3 is 0 Å². The van der Waals surface area contributed by atoms with Crippen LogP contribution in [-0.4, -0.2) is 37.5 Å². The van der Waals surface area contributed by atoms with Crippen molar-refractivity contribution in [2.75, 3.05) is 13.7 Å². The molecule has 196 valence electrons. The number of halogens is 4. The third-order valence-electron chi connectivity index (χ3n) is 5.54. The number of methoxy groups -OCH3 is 1. The fraction of sp³-hybridized carbons (Fsp3) is 0.222. The van der Waals surface area contributed by atoms with Crippen molar-refractivity contribution >= 4 is 52.7 Å². The number of nitrogens with zero attached hydrogens (tertiary/aromatic N) is 2. The van der Waals surface area contributed by atoms with E-state index in [1.807, 2.05) is 6.92 Å². The molecule has 5 nitrogen and oxygen atoms in total. The molecule has 1 unspecified atom stereocenters. The van der Waals surface area contributed by atoms with Gasteiger partial charge in [-0.2, -0.15) is 4.31 Å². The first kappa shape index (κ1) is 29.3. The SMILES string of the molecule is COC(C)CN(Cc1ccc(F)c(Br)c1)S(=O)(=O)c1ccc(C)cc1.Fc1cc2ccncc2cc1Br. The molecule has 4 rings (SSSR count). The topological polar surface area (TPSA) is 59.5 Å². The zero-order valence-corrected chi connectivity index (χ0v) is 24.4. The molecule has 0 fully saturated rings. The molecule has 3 aromatic carbocycles. The number of benzene rings is 3. The van der Waals surface area contributed by atoms with E-state index in [-0.39, 0.29) is 35.7 Å². The lowest BCUT2D eigenvalue weighted by molar-refractivity contribution is 0.0980. The first-order chi connectivity index (χ1) is 17.5. The van der Waals surface area contributed by atoms with Gasteiger partial charge < -0.3 is 4.74 Å². The minimum absolute atomic E-state index is 0.128. The van der Waals surface area contributed by atoms with E-state index in [2.05, 4.69) is 36.8 Å². The second-order valence-corrected chi connectivity index (χ2v) is 12.0. The molecule has 0 N–H and O–H groups in total. The molecule has 37 heavy (non-hydrogen) atoms. The van der Waals surface area contributed by atoms with Crippen molar-refractivity contribution in [2.45, 2.75) is 31.4 Å². The molecule has 0 saturated carbocycles. The van der Waals surface area contributed by atoms with E-state index >= 15 is 0 Å². The van der Waals surface area contributed by atoms with Crippen molar-refractivity contribution in [1.29, 1.82) is 0 Å². The third kappa shape index (κ3) is 7.87. The quantitative estimate of drug-likeness (QED) is 0.210. The molecule has 1 atom stereocenters. The standard InChI is InChI=1S/C18H21BrFNO3S.C9H5BrFN/c1-13-4-7-16(8-5-13)25(22,23)21(11-14(2)24-3)12-15-6-9-18(20)17(19)10-15;10-8-3-7-5-12-2-1-6(7)4-9(8)11/h4-10,14H,11-12H2,1-3H3;1-5H. The highest BCUT2D eigenvalue weighted by Gasteiger charge is 2.26. The van der Waals surface area contributed by atoms with E-state index in [1.165, 1.54) is 23.5 Å². The summed E-state index contributed by atoms with van der Waals surface area (Å²) in [4.78, 5) is 4.16. The average molecular weight is 656 g/mol. The smallest absolute Gasteiger partial charge is 0.243 e. The molecule has 0 amide bonds. The second kappa shape index (κ2) is 13.0. The molecule has 0 radical (unpaired) electrons. The Morgan fingerprint density at radius 2 is 1.62 bits per heavy atom. The maximum atomic E-state index is 13.4. The molecular formula is C27H26Br2F2N2O3S. The van der Waals surface area contributed by atoms with Gasteiger partial charge in [-0.1, -0.05) is 23.8 Å². The van der Waals surface area contributed by atoms with E-state index in [4.69, 9.17) is 4.74 Å². The number of rotatable bonds is 7. The lowest BCUT2D eigenvalue weighted by Crippen LogP contribution is -2.36. The summed E-state index contributed by atoms with van der Waals surface area (Å²) in [5, 5.41) is 1.80. The van der Waals surface area contributed by atoms with Crippen LogP contribution in [0, 0.1) is 18.6 Å². The van der Waals surface area contributed by atoms with Crippen molar-refractivity contribution in [1.82, 2.24) is 9.29 Å². The Morgan fingerprint density at radius 1 is 0.946 bits per heavy atom. The summed E-state index contributed by atoms with van der Waals surface area (Å²) in [6.45, 7) is 4.03. The lowest BCUT2D eigenvalue weighted by atomic mass is 10.2. The number of aromatic nitrogens is 1. The van der Waals surface area contributed by atoms with Crippen molar-refractivity contribution in [3.63, 3.8) is 0 Å². The third-order valence-corrected chi connectivity index (χ3v) is 8.59. The average Bonchev–Trinajstić information content (AvgIpc) is 2.87. The number of ether oxygens (including phenoxy) is 1. The summed E-state index contributed by atoms with van der Waals surface area (Å²) in [7, 11) is -2.16. The molecule has 1 heterocycles. The van der Waals surface area contributed by atoms with Crippen LogP contribution in [0.25, 0.3) is 10.8 Å². The van der Waals surface area contributed by atoms with Gasteiger partial charge in [0.15, 0.2) is 0 Å². The van der Waals surface area contributed by atoms with Gasteiger partial charge in [-0.05, 0) is 99.1 Å². The van der Waals surface area contributed by atoms with Gasteiger partial charge in [0.1, 0.15) is 11.6 Å². The largest absolute Gasteiger partial charge is 0.380 e. The number of fused-ring (bicyclic) bond motifs is 1. The Labute approximate surface area is 232 Å². The molecule has 1 aromatic heterocycles. The summed E-state index contributed by atoms with van der Waals surface area (Å²) in [5.41, 5.74) is 1.67. The lowest BCUT2D eigenvalue weighted by Gasteiger charge is -2.25. The van der Waals surface area contributed by atoms with Crippen LogP contribution in [0.3, 0.4) is 0 Å². The molecular weight excluding hydrogens is 630 g/mol. The highest BCUT2D eigenvalue weighted by atomic mass is 79.9. The van der Waals surface area contributed by atoms with Crippen LogP contribution in [0.2, 0.25) is 0 Å². The summed E-state index contributed by atoms with van der Waals surface area (Å²) in [6, 6.07) is 16.2. The van der Waals surface area contributed by atoms with Crippen LogP contribution in [-0.2, 0) is 21.3 Å². The van der Waals surface area contributed by atoms with Gasteiger partial charge in [-0.15, -0.1) is 0 Å². The van der Waals surface area contributed by atoms with Crippen LogP contribution in [0.4, 0.5) is 8.78 Å². The van der Waals surface area contributed by atoms with Crippen molar-refractivity contribution in [2.24, 2.45) is 0 Å². The zero-order chi connectivity index (χ0) is 27.2. The highest BCUT2D eigenvalue weighted by Crippen LogP contribution is 2.23. The van der Waals surface area contributed by atoms with Crippen molar-refractivity contribution < 1.29 is 21.9 Å². The van der Waals surface area contributed by atoms with Crippen LogP contribution in [0.5, 0.6) is 0 Å². The molecule has 4 aromatic rings. The molecule has 0 saturated heterocycles. The normalized spacial score (nSPS) is 12.3. The first-order valence-electron chi connectivity index (χ1n) is 11.2. The number of aryl methyl sites for hydroxylation is 1. The van der Waals surface area contributed by atoms with E-state index in [9.17, 15) is 17.2 Å². The van der Waals surface area contributed by atoms with E-state index in [0.717, 1.165) is 16.3 Å². The van der Waals surface area contributed by atoms with Gasteiger partial charge in [0.25, 0.3) is 0 Å². The summed E-state index contributed by atoms with van der Waals surface area (Å²) in [5.74, 6) is -0.629. The maximum Gasteiger partial charge on any atom is 0.243 e. The number of sulfonamides is 1. The van der Waals surface area contributed by atoms with E-state index in [1.54, 1.807) is 67.8 Å². The minimum atomic E-state index is -3.70. The monoisotopic (exact) mass is 654 g/mol. The Kier molecular flexibility index (Phi) is 10.3.